The van der Waals surface area contributed by atoms with E-state index < -0.39 is 4.92 Å². The van der Waals surface area contributed by atoms with Crippen LogP contribution in [0.25, 0.3) is 5.65 Å². The summed E-state index contributed by atoms with van der Waals surface area (Å²) in [7, 11) is 0. The van der Waals surface area contributed by atoms with E-state index in [1.807, 2.05) is 35.7 Å². The molecule has 26 heavy (non-hydrogen) atoms. The van der Waals surface area contributed by atoms with Crippen LogP contribution in [-0.2, 0) is 0 Å². The van der Waals surface area contributed by atoms with Crippen molar-refractivity contribution < 1.29 is 4.92 Å². The van der Waals surface area contributed by atoms with Gasteiger partial charge in [0.1, 0.15) is 5.82 Å². The van der Waals surface area contributed by atoms with E-state index in [4.69, 9.17) is 11.6 Å². The minimum absolute atomic E-state index is 0.0288. The maximum Gasteiger partial charge on any atom is 0.271 e. The van der Waals surface area contributed by atoms with Gasteiger partial charge in [0.15, 0.2) is 5.65 Å². The number of halogens is 1. The van der Waals surface area contributed by atoms with Crippen molar-refractivity contribution in [3.05, 3.63) is 63.1 Å². The number of fused-ring (bicyclic) bond motifs is 1. The summed E-state index contributed by atoms with van der Waals surface area (Å²) in [5.74, 6) is 1.33. The first-order valence-corrected chi connectivity index (χ1v) is 8.91. The molecule has 3 heterocycles. The fourth-order valence-electron chi connectivity index (χ4n) is 3.72. The Kier molecular flexibility index (Phi) is 4.24. The van der Waals surface area contributed by atoms with Crippen LogP contribution < -0.4 is 4.90 Å². The summed E-state index contributed by atoms with van der Waals surface area (Å²) in [5.41, 5.74) is 2.61. The summed E-state index contributed by atoms with van der Waals surface area (Å²) in [6, 6.07) is 8.90. The van der Waals surface area contributed by atoms with Gasteiger partial charge in [0.25, 0.3) is 5.69 Å². The zero-order valence-corrected chi connectivity index (χ0v) is 15.1. The van der Waals surface area contributed by atoms with Crippen molar-refractivity contribution in [3.8, 4) is 0 Å². The van der Waals surface area contributed by atoms with Crippen LogP contribution >= 0.6 is 11.6 Å². The van der Waals surface area contributed by atoms with Crippen molar-refractivity contribution in [2.24, 2.45) is 0 Å². The van der Waals surface area contributed by atoms with Crippen LogP contribution in [0, 0.1) is 17.0 Å². The van der Waals surface area contributed by atoms with Gasteiger partial charge < -0.3 is 4.90 Å². The number of hydrogen-bond donors (Lipinski definition) is 0. The van der Waals surface area contributed by atoms with E-state index in [1.165, 1.54) is 6.07 Å². The Balaban J connectivity index is 1.55. The molecule has 0 amide bonds. The van der Waals surface area contributed by atoms with Crippen molar-refractivity contribution in [1.82, 2.24) is 14.6 Å². The van der Waals surface area contributed by atoms with E-state index in [1.54, 1.807) is 6.07 Å². The normalized spacial score (nSPS) is 15.5. The second-order valence-corrected chi connectivity index (χ2v) is 7.01. The number of aromatic nitrogens is 3. The fraction of sp³-hybridized carbons (Fsp3) is 0.333. The second-order valence-electron chi connectivity index (χ2n) is 6.60. The lowest BCUT2D eigenvalue weighted by atomic mass is 9.95. The van der Waals surface area contributed by atoms with E-state index in [0.717, 1.165) is 48.7 Å². The molecule has 0 bridgehead atoms. The van der Waals surface area contributed by atoms with Crippen LogP contribution in [0.2, 0.25) is 5.02 Å². The van der Waals surface area contributed by atoms with Crippen LogP contribution in [0.5, 0.6) is 0 Å². The predicted octanol–water partition coefficient (Wildman–Crippen LogP) is 3.98. The van der Waals surface area contributed by atoms with Crippen LogP contribution in [0.15, 0.2) is 36.5 Å². The molecule has 0 saturated carbocycles. The number of hydrogen-bond acceptors (Lipinski definition) is 5. The number of aryl methyl sites for hydroxylation is 1. The molecule has 2 aromatic heterocycles. The maximum absolute atomic E-state index is 11.0. The molecule has 8 heteroatoms. The van der Waals surface area contributed by atoms with Gasteiger partial charge >= 0.3 is 0 Å². The lowest BCUT2D eigenvalue weighted by Crippen LogP contribution is -2.34. The molecular formula is C18H18ClN5O2. The molecule has 0 unspecified atom stereocenters. The first kappa shape index (κ1) is 16.8. The zero-order valence-electron chi connectivity index (χ0n) is 14.3. The number of non-ortho nitro benzene ring substituents is 1. The molecule has 3 aromatic rings. The topological polar surface area (TPSA) is 76.6 Å². The first-order chi connectivity index (χ1) is 12.5. The lowest BCUT2D eigenvalue weighted by Gasteiger charge is -2.34. The first-order valence-electron chi connectivity index (χ1n) is 8.53. The third-order valence-corrected chi connectivity index (χ3v) is 5.25. The van der Waals surface area contributed by atoms with Crippen LogP contribution in [0.4, 0.5) is 11.4 Å². The van der Waals surface area contributed by atoms with E-state index in [0.29, 0.717) is 10.9 Å². The predicted molar refractivity (Wildman–Crippen MR) is 100 cm³/mol. The highest BCUT2D eigenvalue weighted by Gasteiger charge is 2.27. The summed E-state index contributed by atoms with van der Waals surface area (Å²) >= 11 is 6.35. The van der Waals surface area contributed by atoms with Gasteiger partial charge in [-0.25, -0.2) is 0 Å². The number of rotatable bonds is 3. The van der Waals surface area contributed by atoms with E-state index in [9.17, 15) is 10.1 Å². The monoisotopic (exact) mass is 371 g/mol. The summed E-state index contributed by atoms with van der Waals surface area (Å²) in [6.45, 7) is 3.52. The number of benzene rings is 1. The SMILES string of the molecule is Cc1cc([N+](=O)[O-])cc(Cl)c1N1CCC(c2nnc3ccccn23)CC1. The zero-order chi connectivity index (χ0) is 18.3. The van der Waals surface area contributed by atoms with E-state index >= 15 is 0 Å². The highest BCUT2D eigenvalue weighted by molar-refractivity contribution is 6.33. The number of nitro groups is 1. The average molecular weight is 372 g/mol. The quantitative estimate of drug-likeness (QED) is 0.514. The van der Waals surface area contributed by atoms with Crippen molar-refractivity contribution in [2.45, 2.75) is 25.7 Å². The Morgan fingerprint density at radius 3 is 2.69 bits per heavy atom. The van der Waals surface area contributed by atoms with Gasteiger partial charge in [-0.15, -0.1) is 10.2 Å². The standard InChI is InChI=1S/C18H18ClN5O2/c1-12-10-14(24(25)26)11-15(19)17(12)22-8-5-13(6-9-22)18-21-20-16-4-2-3-7-23(16)18/h2-4,7,10-11,13H,5-6,8-9H2,1H3. The number of pyridine rings is 1. The summed E-state index contributed by atoms with van der Waals surface area (Å²) in [5, 5.41) is 20.0. The van der Waals surface area contributed by atoms with E-state index in [-0.39, 0.29) is 5.69 Å². The Morgan fingerprint density at radius 2 is 2.00 bits per heavy atom. The molecule has 0 spiro atoms. The van der Waals surface area contributed by atoms with Gasteiger partial charge in [0.05, 0.1) is 15.6 Å². The summed E-state index contributed by atoms with van der Waals surface area (Å²) in [4.78, 5) is 12.8. The Morgan fingerprint density at radius 1 is 1.23 bits per heavy atom. The molecule has 7 nitrogen and oxygen atoms in total. The van der Waals surface area contributed by atoms with Crippen LogP contribution in [0.1, 0.15) is 30.1 Å². The van der Waals surface area contributed by atoms with Crippen molar-refractivity contribution in [3.63, 3.8) is 0 Å². The van der Waals surface area contributed by atoms with Crippen LogP contribution in [0.3, 0.4) is 0 Å². The Bertz CT molecular complexity index is 956. The minimum atomic E-state index is -0.411. The Labute approximate surface area is 155 Å². The van der Waals surface area contributed by atoms with Crippen molar-refractivity contribution >= 4 is 28.6 Å². The third-order valence-electron chi connectivity index (χ3n) is 4.97. The smallest absolute Gasteiger partial charge is 0.271 e. The molecule has 1 saturated heterocycles. The van der Waals surface area contributed by atoms with Gasteiger partial charge in [-0.1, -0.05) is 17.7 Å². The molecule has 1 aromatic carbocycles. The lowest BCUT2D eigenvalue weighted by molar-refractivity contribution is -0.384. The minimum Gasteiger partial charge on any atom is -0.370 e. The van der Waals surface area contributed by atoms with Gasteiger partial charge in [-0.2, -0.15) is 0 Å². The van der Waals surface area contributed by atoms with Gasteiger partial charge in [0.2, 0.25) is 0 Å². The molecule has 0 radical (unpaired) electrons. The van der Waals surface area contributed by atoms with E-state index in [2.05, 4.69) is 15.1 Å². The van der Waals surface area contributed by atoms with Gasteiger partial charge in [-0.05, 0) is 37.5 Å². The molecule has 0 aliphatic carbocycles. The molecule has 1 aliphatic heterocycles. The molecule has 4 rings (SSSR count). The maximum atomic E-state index is 11.0. The second kappa shape index (κ2) is 6.57. The number of anilines is 1. The number of nitro benzene ring substituents is 1. The van der Waals surface area contributed by atoms with Gasteiger partial charge in [0, 0.05) is 37.3 Å². The fourth-order valence-corrected chi connectivity index (χ4v) is 4.10. The average Bonchev–Trinajstić information content (AvgIpc) is 3.06. The third kappa shape index (κ3) is 2.88. The summed E-state index contributed by atoms with van der Waals surface area (Å²) in [6.07, 6.45) is 3.86. The molecule has 0 atom stereocenters. The van der Waals surface area contributed by atoms with Crippen molar-refractivity contribution in [1.29, 1.82) is 0 Å². The number of piperidine rings is 1. The van der Waals surface area contributed by atoms with Crippen molar-refractivity contribution in [2.75, 3.05) is 18.0 Å². The summed E-state index contributed by atoms with van der Waals surface area (Å²) < 4.78 is 2.05. The molecule has 1 fully saturated rings. The van der Waals surface area contributed by atoms with Crippen LogP contribution in [-0.4, -0.2) is 32.6 Å². The largest absolute Gasteiger partial charge is 0.370 e. The molecular weight excluding hydrogens is 354 g/mol. The number of nitrogens with zero attached hydrogens (tertiary/aromatic N) is 5. The molecule has 1 aliphatic rings. The molecule has 0 N–H and O–H groups in total. The van der Waals surface area contributed by atoms with Gasteiger partial charge in [-0.3, -0.25) is 14.5 Å². The highest BCUT2D eigenvalue weighted by Crippen LogP contribution is 2.37. The Hall–Kier alpha value is -2.67. The molecule has 134 valence electrons. The highest BCUT2D eigenvalue weighted by atomic mass is 35.5.